The maximum atomic E-state index is 13.8. The van der Waals surface area contributed by atoms with Crippen molar-refractivity contribution in [2.75, 3.05) is 19.6 Å². The van der Waals surface area contributed by atoms with Crippen molar-refractivity contribution in [2.45, 2.75) is 26.8 Å². The summed E-state index contributed by atoms with van der Waals surface area (Å²) in [4.78, 5) is 5.48. The molecule has 0 bridgehead atoms. The van der Waals surface area contributed by atoms with Gasteiger partial charge in [-0.1, -0.05) is 13.8 Å². The number of H-pyrrole nitrogens is 1. The molecule has 0 saturated heterocycles. The largest absolute Gasteiger partial charge is 0.331 e. The molecule has 0 fully saturated rings. The van der Waals surface area contributed by atoms with Crippen LogP contribution in [-0.4, -0.2) is 34.1 Å². The number of aromatic amines is 1. The van der Waals surface area contributed by atoms with E-state index in [9.17, 15) is 4.39 Å². The summed E-state index contributed by atoms with van der Waals surface area (Å²) < 4.78 is 16.9. The zero-order chi connectivity index (χ0) is 14.9. The standard InChI is InChI=1S/C14H19BrFN3S/c1-4-18(5-2)8-9(3)19-13-7-11(16)10(15)6-12(13)17-14(19)20/h6-7,9H,4-5,8H2,1-3H3,(H,17,20). The second-order valence-electron chi connectivity index (χ2n) is 4.92. The lowest BCUT2D eigenvalue weighted by Gasteiger charge is -2.24. The number of aromatic nitrogens is 2. The summed E-state index contributed by atoms with van der Waals surface area (Å²) in [5.74, 6) is -0.268. The molecule has 1 heterocycles. The minimum Gasteiger partial charge on any atom is -0.331 e. The molecule has 0 radical (unpaired) electrons. The van der Waals surface area contributed by atoms with E-state index in [1.165, 1.54) is 6.07 Å². The van der Waals surface area contributed by atoms with Gasteiger partial charge >= 0.3 is 0 Å². The van der Waals surface area contributed by atoms with E-state index in [2.05, 4.69) is 46.6 Å². The molecule has 1 atom stereocenters. The maximum absolute atomic E-state index is 13.8. The van der Waals surface area contributed by atoms with Crippen LogP contribution in [0.15, 0.2) is 16.6 Å². The number of rotatable bonds is 5. The number of hydrogen-bond donors (Lipinski definition) is 1. The van der Waals surface area contributed by atoms with Gasteiger partial charge in [0.2, 0.25) is 0 Å². The number of likely N-dealkylation sites (N-methyl/N-ethyl adjacent to an activating group) is 1. The van der Waals surface area contributed by atoms with Crippen molar-refractivity contribution in [3.63, 3.8) is 0 Å². The van der Waals surface area contributed by atoms with Gasteiger partial charge in [0.15, 0.2) is 4.77 Å². The Morgan fingerprint density at radius 2 is 2.05 bits per heavy atom. The van der Waals surface area contributed by atoms with Gasteiger partial charge in [-0.25, -0.2) is 4.39 Å². The molecular formula is C14H19BrFN3S. The van der Waals surface area contributed by atoms with E-state index in [1.807, 2.05) is 4.57 Å². The van der Waals surface area contributed by atoms with Crippen molar-refractivity contribution >= 4 is 39.2 Å². The third kappa shape index (κ3) is 2.97. The van der Waals surface area contributed by atoms with E-state index in [0.717, 1.165) is 30.7 Å². The van der Waals surface area contributed by atoms with E-state index >= 15 is 0 Å². The molecule has 2 aromatic rings. The molecule has 2 rings (SSSR count). The van der Waals surface area contributed by atoms with Crippen LogP contribution in [0.1, 0.15) is 26.8 Å². The van der Waals surface area contributed by atoms with Crippen molar-refractivity contribution < 1.29 is 4.39 Å². The van der Waals surface area contributed by atoms with Crippen molar-refractivity contribution in [1.29, 1.82) is 0 Å². The van der Waals surface area contributed by atoms with E-state index in [-0.39, 0.29) is 11.9 Å². The van der Waals surface area contributed by atoms with Crippen LogP contribution < -0.4 is 0 Å². The quantitative estimate of drug-likeness (QED) is 0.794. The fourth-order valence-corrected chi connectivity index (χ4v) is 3.23. The molecule has 0 spiro atoms. The number of imidazole rings is 1. The van der Waals surface area contributed by atoms with Crippen molar-refractivity contribution in [2.24, 2.45) is 0 Å². The molecule has 0 aliphatic carbocycles. The summed E-state index contributed by atoms with van der Waals surface area (Å²) in [7, 11) is 0. The lowest BCUT2D eigenvalue weighted by Crippen LogP contribution is -2.29. The summed E-state index contributed by atoms with van der Waals surface area (Å²) in [6.45, 7) is 9.28. The highest BCUT2D eigenvalue weighted by Gasteiger charge is 2.15. The average molecular weight is 360 g/mol. The first kappa shape index (κ1) is 15.7. The summed E-state index contributed by atoms with van der Waals surface area (Å²) in [6.07, 6.45) is 0. The maximum Gasteiger partial charge on any atom is 0.178 e. The Bertz CT molecular complexity index is 660. The zero-order valence-corrected chi connectivity index (χ0v) is 14.3. The van der Waals surface area contributed by atoms with E-state index in [1.54, 1.807) is 6.07 Å². The highest BCUT2D eigenvalue weighted by molar-refractivity contribution is 9.10. The second kappa shape index (κ2) is 6.37. The molecule has 3 nitrogen and oxygen atoms in total. The Balaban J connectivity index is 2.45. The fraction of sp³-hybridized carbons (Fsp3) is 0.500. The van der Waals surface area contributed by atoms with Crippen LogP contribution in [0.3, 0.4) is 0 Å². The SMILES string of the molecule is CCN(CC)CC(C)n1c(=S)[nH]c2cc(Br)c(F)cc21. The monoisotopic (exact) mass is 359 g/mol. The number of halogens is 2. The van der Waals surface area contributed by atoms with E-state index < -0.39 is 0 Å². The van der Waals surface area contributed by atoms with E-state index in [4.69, 9.17) is 12.2 Å². The summed E-state index contributed by atoms with van der Waals surface area (Å²) >= 11 is 8.60. The molecule has 0 saturated carbocycles. The predicted octanol–water partition coefficient (Wildman–Crippen LogP) is 4.50. The van der Waals surface area contributed by atoms with Crippen LogP contribution in [0.25, 0.3) is 11.0 Å². The van der Waals surface area contributed by atoms with Gasteiger partial charge < -0.3 is 14.5 Å². The molecule has 110 valence electrons. The van der Waals surface area contributed by atoms with Crippen LogP contribution >= 0.6 is 28.1 Å². The minimum absolute atomic E-state index is 0.191. The van der Waals surface area contributed by atoms with Crippen molar-refractivity contribution in [1.82, 2.24) is 14.5 Å². The smallest absolute Gasteiger partial charge is 0.178 e. The second-order valence-corrected chi connectivity index (χ2v) is 6.16. The summed E-state index contributed by atoms with van der Waals surface area (Å²) in [5, 5.41) is 0. The molecule has 1 aromatic heterocycles. The number of benzene rings is 1. The Labute approximate surface area is 131 Å². The van der Waals surface area contributed by atoms with Gasteiger partial charge in [-0.3, -0.25) is 0 Å². The Hall–Kier alpha value is -0.720. The molecule has 0 aliphatic heterocycles. The Morgan fingerprint density at radius 1 is 1.40 bits per heavy atom. The number of nitrogens with one attached hydrogen (secondary N) is 1. The first-order valence-electron chi connectivity index (χ1n) is 6.79. The lowest BCUT2D eigenvalue weighted by atomic mass is 10.2. The molecule has 20 heavy (non-hydrogen) atoms. The van der Waals surface area contributed by atoms with Crippen molar-refractivity contribution in [3.05, 3.63) is 27.2 Å². The highest BCUT2D eigenvalue weighted by Crippen LogP contribution is 2.25. The van der Waals surface area contributed by atoms with Crippen LogP contribution in [0.2, 0.25) is 0 Å². The molecular weight excluding hydrogens is 341 g/mol. The van der Waals surface area contributed by atoms with Crippen LogP contribution in [-0.2, 0) is 0 Å². The van der Waals surface area contributed by atoms with Gasteiger partial charge in [-0.05, 0) is 54.2 Å². The van der Waals surface area contributed by atoms with Gasteiger partial charge in [-0.2, -0.15) is 0 Å². The Morgan fingerprint density at radius 3 is 2.65 bits per heavy atom. The minimum atomic E-state index is -0.268. The molecule has 0 amide bonds. The van der Waals surface area contributed by atoms with Crippen molar-refractivity contribution in [3.8, 4) is 0 Å². The van der Waals surface area contributed by atoms with Crippen LogP contribution in [0, 0.1) is 10.6 Å². The van der Waals surface area contributed by atoms with Gasteiger partial charge in [0.05, 0.1) is 15.5 Å². The molecule has 1 N–H and O–H groups in total. The Kier molecular flexibility index (Phi) is 4.99. The molecule has 1 unspecified atom stereocenters. The van der Waals surface area contributed by atoms with Crippen LogP contribution in [0.4, 0.5) is 4.39 Å². The van der Waals surface area contributed by atoms with Crippen LogP contribution in [0.5, 0.6) is 0 Å². The number of fused-ring (bicyclic) bond motifs is 1. The number of nitrogens with zero attached hydrogens (tertiary/aromatic N) is 2. The zero-order valence-electron chi connectivity index (χ0n) is 11.9. The third-order valence-corrected chi connectivity index (χ3v) is 4.52. The topological polar surface area (TPSA) is 24.0 Å². The normalized spacial score (nSPS) is 13.3. The van der Waals surface area contributed by atoms with Gasteiger partial charge in [0.25, 0.3) is 0 Å². The van der Waals surface area contributed by atoms with Gasteiger partial charge in [-0.15, -0.1) is 0 Å². The summed E-state index contributed by atoms with van der Waals surface area (Å²) in [5.41, 5.74) is 1.67. The lowest BCUT2D eigenvalue weighted by molar-refractivity contribution is 0.262. The fourth-order valence-electron chi connectivity index (χ4n) is 2.50. The molecule has 0 aliphatic rings. The molecule has 6 heteroatoms. The van der Waals surface area contributed by atoms with Gasteiger partial charge in [0, 0.05) is 18.7 Å². The van der Waals surface area contributed by atoms with E-state index in [0.29, 0.717) is 9.24 Å². The first-order valence-corrected chi connectivity index (χ1v) is 7.99. The predicted molar refractivity (Wildman–Crippen MR) is 87.3 cm³/mol. The first-order chi connectivity index (χ1) is 9.47. The molecule has 1 aromatic carbocycles. The average Bonchev–Trinajstić information content (AvgIpc) is 2.71. The summed E-state index contributed by atoms with van der Waals surface area (Å²) in [6, 6.07) is 3.46. The third-order valence-electron chi connectivity index (χ3n) is 3.62. The number of hydrogen-bond acceptors (Lipinski definition) is 2. The highest BCUT2D eigenvalue weighted by atomic mass is 79.9. The van der Waals surface area contributed by atoms with Gasteiger partial charge in [0.1, 0.15) is 5.82 Å².